The van der Waals surface area contributed by atoms with E-state index in [1.54, 1.807) is 27.7 Å². The number of carbonyl (C=O) groups is 2. The van der Waals surface area contributed by atoms with Gasteiger partial charge in [-0.25, -0.2) is 4.79 Å². The zero-order valence-electron chi connectivity index (χ0n) is 16.8. The standard InChI is InChI=1S/C20H30O7/c1-9(2)17(23)26-16(15-10(3)18(24)27-19(15)25-7)20(6)11(4)13(21)8-14(22)12(20)5/h9,12-14,16,19,21-22H,4,8H2,1-3,5-7H3. The largest absolute Gasteiger partial charge is 0.456 e. The topological polar surface area (TPSA) is 102 Å². The highest BCUT2D eigenvalue weighted by Gasteiger charge is 2.56. The van der Waals surface area contributed by atoms with E-state index in [0.717, 1.165) is 0 Å². The zero-order chi connectivity index (χ0) is 20.7. The van der Waals surface area contributed by atoms with Crippen LogP contribution in [0.2, 0.25) is 0 Å². The average Bonchev–Trinajstić information content (AvgIpc) is 2.90. The molecule has 0 aromatic rings. The van der Waals surface area contributed by atoms with Gasteiger partial charge in [-0.2, -0.15) is 0 Å². The van der Waals surface area contributed by atoms with Crippen LogP contribution in [0.5, 0.6) is 0 Å². The molecule has 2 aliphatic rings. The summed E-state index contributed by atoms with van der Waals surface area (Å²) in [6.45, 7) is 12.6. The van der Waals surface area contributed by atoms with Crippen molar-refractivity contribution in [3.05, 3.63) is 23.3 Å². The first-order chi connectivity index (χ1) is 12.5. The number of hydrogen-bond acceptors (Lipinski definition) is 7. The minimum Gasteiger partial charge on any atom is -0.456 e. The maximum absolute atomic E-state index is 12.5. The van der Waals surface area contributed by atoms with E-state index >= 15 is 0 Å². The van der Waals surface area contributed by atoms with Crippen molar-refractivity contribution in [2.45, 2.75) is 65.6 Å². The van der Waals surface area contributed by atoms with Crippen LogP contribution < -0.4 is 0 Å². The predicted octanol–water partition coefficient (Wildman–Crippen LogP) is 1.72. The van der Waals surface area contributed by atoms with Crippen molar-refractivity contribution in [1.29, 1.82) is 0 Å². The van der Waals surface area contributed by atoms with E-state index in [0.29, 0.717) is 16.7 Å². The van der Waals surface area contributed by atoms with Crippen molar-refractivity contribution in [3.8, 4) is 0 Å². The molecule has 0 saturated heterocycles. The zero-order valence-corrected chi connectivity index (χ0v) is 16.8. The first kappa shape index (κ1) is 21.6. The average molecular weight is 382 g/mol. The maximum atomic E-state index is 12.5. The van der Waals surface area contributed by atoms with Gasteiger partial charge in [0.1, 0.15) is 6.10 Å². The first-order valence-electron chi connectivity index (χ1n) is 9.17. The van der Waals surface area contributed by atoms with Gasteiger partial charge in [0.05, 0.1) is 18.1 Å². The Morgan fingerprint density at radius 1 is 1.37 bits per heavy atom. The molecule has 27 heavy (non-hydrogen) atoms. The lowest BCUT2D eigenvalue weighted by Crippen LogP contribution is -2.55. The minimum absolute atomic E-state index is 0.154. The third-order valence-corrected chi connectivity index (χ3v) is 6.04. The number of aliphatic hydroxyl groups is 2. The van der Waals surface area contributed by atoms with Gasteiger partial charge in [0.15, 0.2) is 0 Å². The number of rotatable bonds is 5. The summed E-state index contributed by atoms with van der Waals surface area (Å²) < 4.78 is 16.4. The van der Waals surface area contributed by atoms with E-state index in [4.69, 9.17) is 14.2 Å². The molecule has 1 aliphatic heterocycles. The number of ether oxygens (including phenoxy) is 3. The Labute approximate surface area is 160 Å². The minimum atomic E-state index is -1.02. The van der Waals surface area contributed by atoms with Crippen molar-refractivity contribution in [2.75, 3.05) is 7.11 Å². The van der Waals surface area contributed by atoms with Crippen molar-refractivity contribution in [2.24, 2.45) is 17.3 Å². The molecule has 1 saturated carbocycles. The van der Waals surface area contributed by atoms with Gasteiger partial charge in [-0.05, 0) is 18.4 Å². The Kier molecular flexibility index (Phi) is 6.19. The summed E-state index contributed by atoms with van der Waals surface area (Å²) in [7, 11) is 1.39. The Morgan fingerprint density at radius 2 is 1.96 bits per heavy atom. The maximum Gasteiger partial charge on any atom is 0.336 e. The number of hydrogen-bond donors (Lipinski definition) is 2. The van der Waals surface area contributed by atoms with Gasteiger partial charge in [0, 0.05) is 30.1 Å². The molecule has 6 unspecified atom stereocenters. The molecule has 1 heterocycles. The summed E-state index contributed by atoms with van der Waals surface area (Å²) >= 11 is 0. The quantitative estimate of drug-likeness (QED) is 0.551. The van der Waals surface area contributed by atoms with E-state index in [1.807, 2.05) is 6.92 Å². The number of methoxy groups -OCH3 is 1. The van der Waals surface area contributed by atoms with Crippen molar-refractivity contribution >= 4 is 11.9 Å². The lowest BCUT2D eigenvalue weighted by molar-refractivity contribution is -0.169. The highest BCUT2D eigenvalue weighted by atomic mass is 16.7. The predicted molar refractivity (Wildman–Crippen MR) is 97.3 cm³/mol. The molecule has 2 rings (SSSR count). The molecule has 1 aliphatic carbocycles. The van der Waals surface area contributed by atoms with Crippen LogP contribution in [0.25, 0.3) is 0 Å². The first-order valence-corrected chi connectivity index (χ1v) is 9.17. The van der Waals surface area contributed by atoms with Crippen LogP contribution in [-0.4, -0.2) is 53.9 Å². The molecule has 7 heteroatoms. The van der Waals surface area contributed by atoms with Crippen molar-refractivity contribution < 1.29 is 34.0 Å². The van der Waals surface area contributed by atoms with Gasteiger partial charge in [-0.1, -0.05) is 34.3 Å². The van der Waals surface area contributed by atoms with Crippen LogP contribution in [0.4, 0.5) is 0 Å². The van der Waals surface area contributed by atoms with Gasteiger partial charge < -0.3 is 24.4 Å². The van der Waals surface area contributed by atoms with Gasteiger partial charge >= 0.3 is 11.9 Å². The molecule has 7 nitrogen and oxygen atoms in total. The molecule has 0 amide bonds. The van der Waals surface area contributed by atoms with E-state index in [-0.39, 0.29) is 6.42 Å². The van der Waals surface area contributed by atoms with Crippen LogP contribution in [-0.2, 0) is 23.8 Å². The summed E-state index contributed by atoms with van der Waals surface area (Å²) in [6, 6.07) is 0. The van der Waals surface area contributed by atoms with E-state index < -0.39 is 53.8 Å². The summed E-state index contributed by atoms with van der Waals surface area (Å²) in [5.74, 6) is -1.82. The van der Waals surface area contributed by atoms with Gasteiger partial charge in [0.2, 0.25) is 6.29 Å². The normalized spacial score (nSPS) is 35.4. The SMILES string of the molecule is C=C1C(O)CC(O)C(C)C1(C)C(OC(=O)C(C)C)C1=C(C)C(=O)OC1OC. The fraction of sp³-hybridized carbons (Fsp3) is 0.700. The molecule has 0 spiro atoms. The molecular weight excluding hydrogens is 352 g/mol. The van der Waals surface area contributed by atoms with Gasteiger partial charge in [-0.3, -0.25) is 4.79 Å². The van der Waals surface area contributed by atoms with E-state index in [9.17, 15) is 19.8 Å². The van der Waals surface area contributed by atoms with Crippen LogP contribution in [0.15, 0.2) is 23.3 Å². The van der Waals surface area contributed by atoms with Gasteiger partial charge in [-0.15, -0.1) is 0 Å². The Morgan fingerprint density at radius 3 is 2.48 bits per heavy atom. The molecule has 2 N–H and O–H groups in total. The Bertz CT molecular complexity index is 665. The van der Waals surface area contributed by atoms with Crippen molar-refractivity contribution in [1.82, 2.24) is 0 Å². The fourth-order valence-corrected chi connectivity index (χ4v) is 3.83. The molecule has 1 fully saturated rings. The Hall–Kier alpha value is -1.70. The van der Waals surface area contributed by atoms with Crippen molar-refractivity contribution in [3.63, 3.8) is 0 Å². The lowest BCUT2D eigenvalue weighted by Gasteiger charge is -2.50. The number of carbonyl (C=O) groups excluding carboxylic acids is 2. The second-order valence-corrected chi connectivity index (χ2v) is 7.94. The third kappa shape index (κ3) is 3.56. The number of cyclic esters (lactones) is 1. The molecule has 0 aromatic heterocycles. The smallest absolute Gasteiger partial charge is 0.336 e. The number of aliphatic hydroxyl groups excluding tert-OH is 2. The summed E-state index contributed by atoms with van der Waals surface area (Å²) in [5.41, 5.74) is 0.0899. The van der Waals surface area contributed by atoms with E-state index in [1.165, 1.54) is 7.11 Å². The Balaban J connectivity index is 2.63. The number of esters is 2. The monoisotopic (exact) mass is 382 g/mol. The third-order valence-electron chi connectivity index (χ3n) is 6.04. The highest BCUT2D eigenvalue weighted by Crippen LogP contribution is 2.51. The molecule has 6 atom stereocenters. The summed E-state index contributed by atoms with van der Waals surface area (Å²) in [4.78, 5) is 24.6. The second kappa shape index (κ2) is 7.73. The van der Waals surface area contributed by atoms with E-state index in [2.05, 4.69) is 6.58 Å². The highest BCUT2D eigenvalue weighted by molar-refractivity contribution is 5.92. The van der Waals surface area contributed by atoms with Crippen LogP contribution in [0.3, 0.4) is 0 Å². The van der Waals surface area contributed by atoms with Gasteiger partial charge in [0.25, 0.3) is 0 Å². The van der Waals surface area contributed by atoms with Crippen LogP contribution in [0.1, 0.15) is 41.0 Å². The lowest BCUT2D eigenvalue weighted by atomic mass is 9.59. The van der Waals surface area contributed by atoms with Crippen LogP contribution in [0, 0.1) is 17.3 Å². The molecular formula is C20H30O7. The molecule has 152 valence electrons. The van der Waals surface area contributed by atoms with Crippen LogP contribution >= 0.6 is 0 Å². The fourth-order valence-electron chi connectivity index (χ4n) is 3.83. The second-order valence-electron chi connectivity index (χ2n) is 7.94. The summed E-state index contributed by atoms with van der Waals surface area (Å²) in [6.07, 6.45) is -3.61. The molecule has 0 aromatic carbocycles. The molecule has 0 radical (unpaired) electrons. The molecule has 0 bridgehead atoms. The summed E-state index contributed by atoms with van der Waals surface area (Å²) in [5, 5.41) is 20.9.